The summed E-state index contributed by atoms with van der Waals surface area (Å²) in [6.45, 7) is 0.878. The fourth-order valence-corrected chi connectivity index (χ4v) is 5.50. The van der Waals surface area contributed by atoms with Gasteiger partial charge in [-0.15, -0.1) is 0 Å². The fourth-order valence-electron chi connectivity index (χ4n) is 4.10. The van der Waals surface area contributed by atoms with E-state index >= 15 is 0 Å². The van der Waals surface area contributed by atoms with Crippen molar-refractivity contribution in [2.75, 3.05) is 13.7 Å². The highest BCUT2D eigenvalue weighted by Gasteiger charge is 2.36. The average Bonchev–Trinajstić information content (AvgIpc) is 3.08. The fraction of sp³-hybridized carbons (Fsp3) is 0.360. The number of benzene rings is 2. The Balaban J connectivity index is 1.49. The molecule has 0 spiro atoms. The molecule has 0 aromatic heterocycles. The highest BCUT2D eigenvalue weighted by Crippen LogP contribution is 2.39. The first-order chi connectivity index (χ1) is 15.9. The van der Waals surface area contributed by atoms with Crippen LogP contribution in [-0.4, -0.2) is 29.7 Å². The Hall–Kier alpha value is -1.96. The van der Waals surface area contributed by atoms with Crippen molar-refractivity contribution in [2.24, 2.45) is 5.92 Å². The third-order valence-electron chi connectivity index (χ3n) is 5.92. The van der Waals surface area contributed by atoms with Crippen LogP contribution in [-0.2, 0) is 11.4 Å². The number of thioether (sulfide) groups is 1. The molecule has 1 heterocycles. The molecular weight excluding hydrogens is 526 g/mol. The molecule has 2 aromatic carbocycles. The number of halogens is 2. The smallest absolute Gasteiger partial charge is 0.293 e. The summed E-state index contributed by atoms with van der Waals surface area (Å²) in [5.74, 6) is 1.31. The van der Waals surface area contributed by atoms with Gasteiger partial charge in [0.05, 0.1) is 12.0 Å². The highest BCUT2D eigenvalue weighted by atomic mass is 79.9. The molecule has 8 heteroatoms. The first kappa shape index (κ1) is 24.2. The molecule has 2 aromatic rings. The van der Waals surface area contributed by atoms with E-state index in [1.165, 1.54) is 24.2 Å². The minimum Gasteiger partial charge on any atom is -0.493 e. The van der Waals surface area contributed by atoms with E-state index in [0.717, 1.165) is 40.2 Å². The maximum atomic E-state index is 12.9. The number of hydrogen-bond acceptors (Lipinski definition) is 5. The maximum Gasteiger partial charge on any atom is 0.293 e. The number of carbonyl (C=O) groups excluding carboxylic acids is 2. The second kappa shape index (κ2) is 11.0. The predicted octanol–water partition coefficient (Wildman–Crippen LogP) is 7.31. The Morgan fingerprint density at radius 1 is 1.12 bits per heavy atom. The van der Waals surface area contributed by atoms with Crippen molar-refractivity contribution >= 4 is 56.5 Å². The molecule has 33 heavy (non-hydrogen) atoms. The molecule has 174 valence electrons. The molecule has 5 nitrogen and oxygen atoms in total. The molecule has 4 rings (SSSR count). The molecule has 2 fully saturated rings. The van der Waals surface area contributed by atoms with Crippen LogP contribution < -0.4 is 9.47 Å². The molecule has 0 bridgehead atoms. The van der Waals surface area contributed by atoms with Gasteiger partial charge in [-0.3, -0.25) is 14.5 Å². The lowest BCUT2D eigenvalue weighted by Crippen LogP contribution is -2.34. The van der Waals surface area contributed by atoms with Crippen LogP contribution in [0.4, 0.5) is 4.79 Å². The van der Waals surface area contributed by atoms with Crippen LogP contribution in [0.1, 0.15) is 43.2 Å². The first-order valence-corrected chi connectivity index (χ1v) is 12.9. The molecule has 0 unspecified atom stereocenters. The van der Waals surface area contributed by atoms with Crippen LogP contribution in [0, 0.1) is 5.92 Å². The van der Waals surface area contributed by atoms with Crippen LogP contribution in [0.5, 0.6) is 11.5 Å². The number of rotatable bonds is 7. The molecule has 1 saturated carbocycles. The molecule has 0 N–H and O–H groups in total. The summed E-state index contributed by atoms with van der Waals surface area (Å²) in [4.78, 5) is 27.3. The van der Waals surface area contributed by atoms with E-state index in [1.54, 1.807) is 19.3 Å². The van der Waals surface area contributed by atoms with E-state index in [-0.39, 0.29) is 11.1 Å². The quantitative estimate of drug-likeness (QED) is 0.338. The van der Waals surface area contributed by atoms with Crippen molar-refractivity contribution in [3.8, 4) is 11.5 Å². The van der Waals surface area contributed by atoms with E-state index in [1.807, 2.05) is 30.3 Å². The topological polar surface area (TPSA) is 55.8 Å². The van der Waals surface area contributed by atoms with E-state index in [9.17, 15) is 9.59 Å². The first-order valence-electron chi connectivity index (χ1n) is 10.9. The van der Waals surface area contributed by atoms with Crippen molar-refractivity contribution in [3.63, 3.8) is 0 Å². The number of carbonyl (C=O) groups is 2. The SMILES string of the molecule is COc1cc(/C=C2/SC(=O)N(CC3CCCCC3)C2=O)c(Br)cc1OCc1ccc(Cl)cc1. The van der Waals surface area contributed by atoms with Gasteiger partial charge >= 0.3 is 0 Å². The van der Waals surface area contributed by atoms with Crippen molar-refractivity contribution < 1.29 is 19.1 Å². The molecular formula is C25H25BrClNO4S. The van der Waals surface area contributed by atoms with E-state index in [0.29, 0.717) is 40.5 Å². The van der Waals surface area contributed by atoms with E-state index < -0.39 is 0 Å². The molecule has 0 atom stereocenters. The lowest BCUT2D eigenvalue weighted by atomic mass is 9.89. The molecule has 1 aliphatic heterocycles. The van der Waals surface area contributed by atoms with Gasteiger partial charge in [-0.25, -0.2) is 0 Å². The Morgan fingerprint density at radius 2 is 1.85 bits per heavy atom. The number of imide groups is 1. The zero-order valence-electron chi connectivity index (χ0n) is 18.3. The summed E-state index contributed by atoms with van der Waals surface area (Å²) in [5.41, 5.74) is 1.72. The minimum atomic E-state index is -0.218. The summed E-state index contributed by atoms with van der Waals surface area (Å²) in [6, 6.07) is 11.1. The molecule has 0 radical (unpaired) electrons. The second-order valence-electron chi connectivity index (χ2n) is 8.24. The number of nitrogens with zero attached hydrogens (tertiary/aromatic N) is 1. The normalized spacial score (nSPS) is 18.3. The standard InChI is InChI=1S/C25H25BrClNO4S/c1-31-21-11-18(20(26)13-22(21)32-15-17-7-9-19(27)10-8-17)12-23-24(29)28(25(30)33-23)14-16-5-3-2-4-6-16/h7-13,16H,2-6,14-15H2,1H3/b23-12+. The third-order valence-corrected chi connectivity index (χ3v) is 7.76. The summed E-state index contributed by atoms with van der Waals surface area (Å²) >= 11 is 10.5. The molecule has 2 amide bonds. The molecule has 1 saturated heterocycles. The van der Waals surface area contributed by atoms with Crippen LogP contribution in [0.3, 0.4) is 0 Å². The summed E-state index contributed by atoms with van der Waals surface area (Å²) in [6.07, 6.45) is 7.50. The Labute approximate surface area is 211 Å². The lowest BCUT2D eigenvalue weighted by Gasteiger charge is -2.25. The summed E-state index contributed by atoms with van der Waals surface area (Å²) in [5, 5.41) is 0.481. The zero-order valence-corrected chi connectivity index (χ0v) is 21.5. The van der Waals surface area contributed by atoms with Gasteiger partial charge in [-0.2, -0.15) is 0 Å². The van der Waals surface area contributed by atoms with Crippen molar-refractivity contribution in [1.82, 2.24) is 4.90 Å². The van der Waals surface area contributed by atoms with E-state index in [4.69, 9.17) is 21.1 Å². The number of methoxy groups -OCH3 is 1. The van der Waals surface area contributed by atoms with Gasteiger partial charge in [-0.05, 0) is 72.0 Å². The largest absolute Gasteiger partial charge is 0.493 e. The Morgan fingerprint density at radius 3 is 2.55 bits per heavy atom. The van der Waals surface area contributed by atoms with Gasteiger partial charge in [0.25, 0.3) is 11.1 Å². The van der Waals surface area contributed by atoms with Gasteiger partial charge in [0.1, 0.15) is 6.61 Å². The number of hydrogen-bond donors (Lipinski definition) is 0. The number of amides is 2. The minimum absolute atomic E-state index is 0.192. The van der Waals surface area contributed by atoms with Gasteiger partial charge < -0.3 is 9.47 Å². The predicted molar refractivity (Wildman–Crippen MR) is 136 cm³/mol. The zero-order chi connectivity index (χ0) is 23.4. The van der Waals surface area contributed by atoms with Crippen molar-refractivity contribution in [2.45, 2.75) is 38.7 Å². The van der Waals surface area contributed by atoms with Crippen LogP contribution in [0.25, 0.3) is 6.08 Å². The third kappa shape index (κ3) is 5.94. The second-order valence-corrected chi connectivity index (χ2v) is 10.5. The van der Waals surface area contributed by atoms with Crippen LogP contribution >= 0.6 is 39.3 Å². The van der Waals surface area contributed by atoms with Crippen LogP contribution in [0.2, 0.25) is 5.02 Å². The maximum absolute atomic E-state index is 12.9. The summed E-state index contributed by atoms with van der Waals surface area (Å²) < 4.78 is 12.2. The molecule has 1 aliphatic carbocycles. The van der Waals surface area contributed by atoms with Gasteiger partial charge in [0.2, 0.25) is 0 Å². The monoisotopic (exact) mass is 549 g/mol. The number of ether oxygens (including phenoxy) is 2. The molecule has 2 aliphatic rings. The summed E-state index contributed by atoms with van der Waals surface area (Å²) in [7, 11) is 1.57. The highest BCUT2D eigenvalue weighted by molar-refractivity contribution is 9.10. The van der Waals surface area contributed by atoms with E-state index in [2.05, 4.69) is 15.9 Å². The lowest BCUT2D eigenvalue weighted by molar-refractivity contribution is -0.123. The Kier molecular flexibility index (Phi) is 8.04. The van der Waals surface area contributed by atoms with Crippen LogP contribution in [0.15, 0.2) is 45.8 Å². The average molecular weight is 551 g/mol. The Bertz CT molecular complexity index is 1070. The van der Waals surface area contributed by atoms with Crippen molar-refractivity contribution in [3.05, 3.63) is 61.9 Å². The van der Waals surface area contributed by atoms with Gasteiger partial charge in [0.15, 0.2) is 11.5 Å². The van der Waals surface area contributed by atoms with Gasteiger partial charge in [0, 0.05) is 16.0 Å². The van der Waals surface area contributed by atoms with Crippen molar-refractivity contribution in [1.29, 1.82) is 0 Å². The van der Waals surface area contributed by atoms with Gasteiger partial charge in [-0.1, -0.05) is 58.9 Å².